The quantitative estimate of drug-likeness (QED) is 0.296. The maximum Gasteiger partial charge on any atom is 0.273 e. The Hall–Kier alpha value is -4.09. The zero-order chi connectivity index (χ0) is 29.8. The largest absolute Gasteiger partial charge is 0.508 e. The van der Waals surface area contributed by atoms with Gasteiger partial charge in [-0.2, -0.15) is 0 Å². The summed E-state index contributed by atoms with van der Waals surface area (Å²) >= 11 is 0. The normalized spacial score (nSPS) is 20.0. The predicted molar refractivity (Wildman–Crippen MR) is 157 cm³/mol. The molecule has 11 heteroatoms. The highest BCUT2D eigenvalue weighted by Crippen LogP contribution is 2.43. The average Bonchev–Trinajstić information content (AvgIpc) is 3.43. The summed E-state index contributed by atoms with van der Waals surface area (Å²) in [6.45, 7) is 3.08. The summed E-state index contributed by atoms with van der Waals surface area (Å²) in [6, 6.07) is 10.6. The molecule has 11 nitrogen and oxygen atoms in total. The molecule has 2 heterocycles. The Morgan fingerprint density at radius 3 is 2.38 bits per heavy atom. The molecule has 5 N–H and O–H groups in total. The molecule has 42 heavy (non-hydrogen) atoms. The lowest BCUT2D eigenvalue weighted by atomic mass is 9.84. The fourth-order valence-electron chi connectivity index (χ4n) is 6.11. The molecule has 0 atom stereocenters. The van der Waals surface area contributed by atoms with Gasteiger partial charge in [-0.25, -0.2) is 0 Å². The summed E-state index contributed by atoms with van der Waals surface area (Å²) in [5.74, 6) is -0.177. The molecule has 0 spiro atoms. The lowest BCUT2D eigenvalue weighted by Gasteiger charge is -2.41. The molecule has 5 rings (SSSR count). The van der Waals surface area contributed by atoms with Gasteiger partial charge in [0.25, 0.3) is 5.91 Å². The molecule has 0 unspecified atom stereocenters. The van der Waals surface area contributed by atoms with E-state index < -0.39 is 5.91 Å². The summed E-state index contributed by atoms with van der Waals surface area (Å²) in [7, 11) is 4.29. The molecule has 2 fully saturated rings. The molecule has 224 valence electrons. The van der Waals surface area contributed by atoms with Crippen molar-refractivity contribution in [2.45, 2.75) is 50.6 Å². The first-order valence-electron chi connectivity index (χ1n) is 14.5. The van der Waals surface area contributed by atoms with Gasteiger partial charge < -0.3 is 40.3 Å². The number of piperidine rings is 1. The van der Waals surface area contributed by atoms with Crippen molar-refractivity contribution >= 4 is 11.8 Å². The first kappa shape index (κ1) is 29.4. The minimum absolute atomic E-state index is 0.0447. The lowest BCUT2D eigenvalue weighted by molar-refractivity contribution is 0.0817. The van der Waals surface area contributed by atoms with Crippen LogP contribution in [-0.4, -0.2) is 82.8 Å². The fourth-order valence-corrected chi connectivity index (χ4v) is 6.11. The lowest BCUT2D eigenvalue weighted by Crippen LogP contribution is -2.49. The number of nitrogens with one attached hydrogen (secondary N) is 1. The van der Waals surface area contributed by atoms with E-state index in [1.54, 1.807) is 0 Å². The van der Waals surface area contributed by atoms with Gasteiger partial charge >= 0.3 is 0 Å². The third kappa shape index (κ3) is 7.03. The number of amides is 2. The molecular weight excluding hydrogens is 538 g/mol. The Bertz CT molecular complexity index is 1390. The Labute approximate surface area is 245 Å². The Balaban J connectivity index is 1.19. The molecule has 3 aromatic rings. The van der Waals surface area contributed by atoms with Crippen molar-refractivity contribution in [2.75, 3.05) is 33.7 Å². The highest BCUT2D eigenvalue weighted by Gasteiger charge is 2.30. The number of hydrogen-bond acceptors (Lipinski definition) is 9. The number of aromatic nitrogens is 1. The number of benzene rings is 2. The van der Waals surface area contributed by atoms with Gasteiger partial charge in [0.1, 0.15) is 28.6 Å². The van der Waals surface area contributed by atoms with Crippen LogP contribution < -0.4 is 15.8 Å². The number of aromatic hydroxyl groups is 2. The second-order valence-electron chi connectivity index (χ2n) is 11.6. The number of carbonyl (C=O) groups is 2. The van der Waals surface area contributed by atoms with Gasteiger partial charge in [0, 0.05) is 55.5 Å². The summed E-state index contributed by atoms with van der Waals surface area (Å²) in [5.41, 5.74) is 5.80. The van der Waals surface area contributed by atoms with E-state index in [-0.39, 0.29) is 46.2 Å². The number of primary amides is 1. The highest BCUT2D eigenvalue weighted by molar-refractivity contribution is 5.94. The Kier molecular flexibility index (Phi) is 8.98. The van der Waals surface area contributed by atoms with Crippen molar-refractivity contribution in [1.29, 1.82) is 0 Å². The second kappa shape index (κ2) is 12.8. The van der Waals surface area contributed by atoms with Crippen molar-refractivity contribution in [3.05, 3.63) is 53.7 Å². The number of phenols is 2. The molecule has 2 aliphatic rings. The predicted octanol–water partition coefficient (Wildman–Crippen LogP) is 3.96. The van der Waals surface area contributed by atoms with Crippen molar-refractivity contribution in [3.63, 3.8) is 0 Å². The minimum Gasteiger partial charge on any atom is -0.508 e. The van der Waals surface area contributed by atoms with Gasteiger partial charge in [0.2, 0.25) is 5.91 Å². The first-order valence-corrected chi connectivity index (χ1v) is 14.5. The van der Waals surface area contributed by atoms with E-state index in [1.807, 2.05) is 0 Å². The summed E-state index contributed by atoms with van der Waals surface area (Å²) in [5, 5.41) is 27.7. The van der Waals surface area contributed by atoms with E-state index >= 15 is 0 Å². The Morgan fingerprint density at radius 2 is 1.74 bits per heavy atom. The van der Waals surface area contributed by atoms with Crippen LogP contribution in [0.4, 0.5) is 0 Å². The molecule has 1 aromatic heterocycles. The number of phenolic OH excluding ortho intramolecular Hbond substituents is 2. The molecule has 1 saturated heterocycles. The molecular formula is C31H39N5O6. The van der Waals surface area contributed by atoms with Crippen LogP contribution in [0.5, 0.6) is 23.0 Å². The van der Waals surface area contributed by atoms with Crippen molar-refractivity contribution < 1.29 is 29.1 Å². The van der Waals surface area contributed by atoms with Gasteiger partial charge in [0.05, 0.1) is 0 Å². The number of nitrogens with zero attached hydrogens (tertiary/aromatic N) is 3. The molecule has 0 bridgehead atoms. The van der Waals surface area contributed by atoms with Crippen molar-refractivity contribution in [1.82, 2.24) is 20.3 Å². The van der Waals surface area contributed by atoms with E-state index in [2.05, 4.69) is 34.4 Å². The number of rotatable bonds is 9. The zero-order valence-corrected chi connectivity index (χ0v) is 24.1. The number of likely N-dealkylation sites (tertiary alicyclic amines) is 1. The second-order valence-corrected chi connectivity index (χ2v) is 11.6. The third-order valence-electron chi connectivity index (χ3n) is 8.24. The van der Waals surface area contributed by atoms with Gasteiger partial charge in [-0.3, -0.25) is 9.59 Å². The van der Waals surface area contributed by atoms with E-state index in [4.69, 9.17) is 15.0 Å². The number of carbonyl (C=O) groups excluding carboxylic acids is 2. The summed E-state index contributed by atoms with van der Waals surface area (Å²) in [4.78, 5) is 29.3. The topological polar surface area (TPSA) is 154 Å². The van der Waals surface area contributed by atoms with Crippen LogP contribution in [0.25, 0.3) is 11.3 Å². The van der Waals surface area contributed by atoms with E-state index in [9.17, 15) is 19.8 Å². The maximum atomic E-state index is 13.0. The molecule has 1 aliphatic carbocycles. The molecule has 1 saturated carbocycles. The van der Waals surface area contributed by atoms with Crippen LogP contribution in [0.3, 0.4) is 0 Å². The van der Waals surface area contributed by atoms with Gasteiger partial charge in [-0.1, -0.05) is 5.16 Å². The highest BCUT2D eigenvalue weighted by atomic mass is 16.5. The average molecular weight is 578 g/mol. The van der Waals surface area contributed by atoms with Crippen LogP contribution in [0.2, 0.25) is 0 Å². The van der Waals surface area contributed by atoms with Crippen molar-refractivity contribution in [3.8, 4) is 34.3 Å². The monoisotopic (exact) mass is 577 g/mol. The van der Waals surface area contributed by atoms with E-state index in [0.717, 1.165) is 44.5 Å². The Morgan fingerprint density at radius 1 is 1.05 bits per heavy atom. The third-order valence-corrected chi connectivity index (χ3v) is 8.24. The molecule has 2 aromatic carbocycles. The van der Waals surface area contributed by atoms with E-state index in [0.29, 0.717) is 17.4 Å². The number of nitrogens with two attached hydrogens (primary N) is 1. The smallest absolute Gasteiger partial charge is 0.273 e. The standard InChI is InChI=1S/C31H39N5O6/c1-35(2)18-19-3-7-22(8-4-19)36-13-11-21(12-14-36)33-31(40)25-17-28(42-34-25)29-26(38)15-23(37)16-27(29)41-24-9-5-20(6-10-24)30(32)39/h5-6,9-10,15-17,19,21-22,37-38H,3-4,7-8,11-14,18H2,1-2H3,(H2,32,39)(H,33,40). The van der Waals surface area contributed by atoms with Gasteiger partial charge in [-0.05, 0) is 82.8 Å². The first-order chi connectivity index (χ1) is 20.2. The van der Waals surface area contributed by atoms with Crippen LogP contribution in [0.1, 0.15) is 59.4 Å². The summed E-state index contributed by atoms with van der Waals surface area (Å²) < 4.78 is 11.3. The van der Waals surface area contributed by atoms with Crippen LogP contribution in [0.15, 0.2) is 47.0 Å². The summed E-state index contributed by atoms with van der Waals surface area (Å²) in [6.07, 6.45) is 6.79. The molecule has 2 amide bonds. The zero-order valence-electron chi connectivity index (χ0n) is 24.1. The number of ether oxygens (including phenoxy) is 1. The van der Waals surface area contributed by atoms with Gasteiger partial charge in [0.15, 0.2) is 11.5 Å². The molecule has 0 radical (unpaired) electrons. The SMILES string of the molecule is CN(C)CC1CCC(N2CCC(NC(=O)c3cc(-c4c(O)cc(O)cc4Oc4ccc(C(N)=O)cc4)on3)CC2)CC1. The minimum atomic E-state index is -0.576. The van der Waals surface area contributed by atoms with Gasteiger partial charge in [-0.15, -0.1) is 0 Å². The fraction of sp³-hybridized carbons (Fsp3) is 0.452. The maximum absolute atomic E-state index is 13.0. The molecule has 1 aliphatic heterocycles. The van der Waals surface area contributed by atoms with Crippen LogP contribution in [0, 0.1) is 5.92 Å². The van der Waals surface area contributed by atoms with Crippen LogP contribution in [-0.2, 0) is 0 Å². The van der Waals surface area contributed by atoms with E-state index in [1.165, 1.54) is 62.1 Å². The number of hydrogen-bond donors (Lipinski definition) is 4. The van der Waals surface area contributed by atoms with Crippen LogP contribution >= 0.6 is 0 Å². The van der Waals surface area contributed by atoms with Crippen molar-refractivity contribution in [2.24, 2.45) is 11.7 Å².